The van der Waals surface area contributed by atoms with Gasteiger partial charge in [0.1, 0.15) is 11.6 Å². The van der Waals surface area contributed by atoms with E-state index >= 15 is 0 Å². The molecule has 4 rings (SSSR count). The Morgan fingerprint density at radius 2 is 1.93 bits per heavy atom. The van der Waals surface area contributed by atoms with E-state index < -0.39 is 0 Å². The SMILES string of the molecule is COc1cc2c(cc1-c1nccn1[C@H](C)Cc1cnccn1)OCCCO2. The third-order valence-corrected chi connectivity index (χ3v) is 4.58. The van der Waals surface area contributed by atoms with E-state index in [4.69, 9.17) is 14.2 Å². The lowest BCUT2D eigenvalue weighted by atomic mass is 10.1. The zero-order chi connectivity index (χ0) is 18.6. The van der Waals surface area contributed by atoms with E-state index in [1.54, 1.807) is 31.9 Å². The summed E-state index contributed by atoms with van der Waals surface area (Å²) in [5, 5.41) is 0. The van der Waals surface area contributed by atoms with Gasteiger partial charge in [0.2, 0.25) is 0 Å². The molecule has 3 aromatic rings. The first-order chi connectivity index (χ1) is 13.3. The molecular weight excluding hydrogens is 344 g/mol. The highest BCUT2D eigenvalue weighted by atomic mass is 16.5. The van der Waals surface area contributed by atoms with Gasteiger partial charge in [0, 0.05) is 55.9 Å². The second kappa shape index (κ2) is 7.65. The van der Waals surface area contributed by atoms with Crippen LogP contribution in [0, 0.1) is 0 Å². The number of fused-ring (bicyclic) bond motifs is 1. The number of rotatable bonds is 5. The maximum absolute atomic E-state index is 5.85. The van der Waals surface area contributed by atoms with Gasteiger partial charge in [-0.2, -0.15) is 0 Å². The molecule has 0 fully saturated rings. The number of ether oxygens (including phenoxy) is 3. The van der Waals surface area contributed by atoms with E-state index in [0.29, 0.717) is 24.7 Å². The summed E-state index contributed by atoms with van der Waals surface area (Å²) in [7, 11) is 1.65. The lowest BCUT2D eigenvalue weighted by Crippen LogP contribution is -2.10. The fourth-order valence-corrected chi connectivity index (χ4v) is 3.25. The first-order valence-electron chi connectivity index (χ1n) is 9.02. The Bertz CT molecular complexity index is 911. The van der Waals surface area contributed by atoms with Gasteiger partial charge in [-0.05, 0) is 13.0 Å². The second-order valence-corrected chi connectivity index (χ2v) is 6.46. The van der Waals surface area contributed by atoms with Gasteiger partial charge in [0.25, 0.3) is 0 Å². The first kappa shape index (κ1) is 17.3. The van der Waals surface area contributed by atoms with Gasteiger partial charge in [0.05, 0.1) is 31.6 Å². The van der Waals surface area contributed by atoms with E-state index in [2.05, 4.69) is 26.4 Å². The molecule has 0 bridgehead atoms. The molecule has 1 aromatic carbocycles. The number of imidazole rings is 1. The van der Waals surface area contributed by atoms with Crippen LogP contribution in [0.5, 0.6) is 17.2 Å². The molecule has 140 valence electrons. The van der Waals surface area contributed by atoms with Crippen LogP contribution in [0.15, 0.2) is 43.1 Å². The number of aromatic nitrogens is 4. The Morgan fingerprint density at radius 1 is 1.11 bits per heavy atom. The molecule has 1 aliphatic rings. The molecule has 0 saturated carbocycles. The average Bonchev–Trinajstić information content (AvgIpc) is 3.07. The Kier molecular flexibility index (Phi) is 4.91. The van der Waals surface area contributed by atoms with E-state index in [1.807, 2.05) is 18.3 Å². The van der Waals surface area contributed by atoms with Crippen LogP contribution >= 0.6 is 0 Å². The highest BCUT2D eigenvalue weighted by Gasteiger charge is 2.21. The van der Waals surface area contributed by atoms with Crippen molar-refractivity contribution in [2.75, 3.05) is 20.3 Å². The number of hydrogen-bond acceptors (Lipinski definition) is 6. The summed E-state index contributed by atoms with van der Waals surface area (Å²) >= 11 is 0. The molecule has 0 radical (unpaired) electrons. The molecule has 1 aliphatic heterocycles. The summed E-state index contributed by atoms with van der Waals surface area (Å²) in [5.74, 6) is 2.95. The Hall–Kier alpha value is -3.09. The van der Waals surface area contributed by atoms with Crippen LogP contribution < -0.4 is 14.2 Å². The fraction of sp³-hybridized carbons (Fsp3) is 0.350. The molecular formula is C20H22N4O3. The molecule has 1 atom stereocenters. The third-order valence-electron chi connectivity index (χ3n) is 4.58. The van der Waals surface area contributed by atoms with Crippen LogP contribution in [0.25, 0.3) is 11.4 Å². The average molecular weight is 366 g/mol. The van der Waals surface area contributed by atoms with E-state index in [0.717, 1.165) is 35.7 Å². The smallest absolute Gasteiger partial charge is 0.164 e. The van der Waals surface area contributed by atoms with Crippen molar-refractivity contribution < 1.29 is 14.2 Å². The largest absolute Gasteiger partial charge is 0.496 e. The molecule has 7 nitrogen and oxygen atoms in total. The summed E-state index contributed by atoms with van der Waals surface area (Å²) < 4.78 is 19.4. The van der Waals surface area contributed by atoms with E-state index in [9.17, 15) is 0 Å². The molecule has 0 aliphatic carbocycles. The molecule has 0 saturated heterocycles. The van der Waals surface area contributed by atoms with E-state index in [1.165, 1.54) is 0 Å². The van der Waals surface area contributed by atoms with Gasteiger partial charge < -0.3 is 18.8 Å². The van der Waals surface area contributed by atoms with Crippen molar-refractivity contribution in [1.82, 2.24) is 19.5 Å². The van der Waals surface area contributed by atoms with Crippen molar-refractivity contribution in [2.45, 2.75) is 25.8 Å². The standard InChI is InChI=1S/C20H22N4O3/c1-14(10-15-13-21-4-5-22-15)24-7-6-23-20(24)16-11-18-19(12-17(16)25-2)27-9-3-8-26-18/h4-7,11-14H,3,8-10H2,1-2H3/t14-/m1/s1. The van der Waals surface area contributed by atoms with Crippen molar-refractivity contribution in [2.24, 2.45) is 0 Å². The summed E-state index contributed by atoms with van der Waals surface area (Å²) in [5.41, 5.74) is 1.81. The number of nitrogens with zero attached hydrogens (tertiary/aromatic N) is 4. The molecule has 7 heteroatoms. The number of benzene rings is 1. The van der Waals surface area contributed by atoms with E-state index in [-0.39, 0.29) is 6.04 Å². The van der Waals surface area contributed by atoms with Gasteiger partial charge >= 0.3 is 0 Å². The quantitative estimate of drug-likeness (QED) is 0.690. The predicted octanol–water partition coefficient (Wildman–Crippen LogP) is 3.31. The van der Waals surface area contributed by atoms with Gasteiger partial charge in [-0.25, -0.2) is 4.98 Å². The van der Waals surface area contributed by atoms with Crippen molar-refractivity contribution >= 4 is 0 Å². The highest BCUT2D eigenvalue weighted by molar-refractivity contribution is 5.70. The Labute approximate surface area is 158 Å². The van der Waals surface area contributed by atoms with Crippen LogP contribution in [0.2, 0.25) is 0 Å². The van der Waals surface area contributed by atoms with Crippen LogP contribution in [0.1, 0.15) is 25.1 Å². The summed E-state index contributed by atoms with van der Waals surface area (Å²) in [6.07, 6.45) is 10.6. The van der Waals surface area contributed by atoms with Crippen molar-refractivity contribution in [3.8, 4) is 28.6 Å². The number of hydrogen-bond donors (Lipinski definition) is 0. The minimum atomic E-state index is 0.153. The van der Waals surface area contributed by atoms with Gasteiger partial charge in [-0.15, -0.1) is 0 Å². The minimum Gasteiger partial charge on any atom is -0.496 e. The molecule has 2 aromatic heterocycles. The Balaban J connectivity index is 1.70. The molecule has 3 heterocycles. The predicted molar refractivity (Wildman–Crippen MR) is 100 cm³/mol. The highest BCUT2D eigenvalue weighted by Crippen LogP contribution is 2.41. The lowest BCUT2D eigenvalue weighted by Gasteiger charge is -2.18. The number of methoxy groups -OCH3 is 1. The van der Waals surface area contributed by atoms with Crippen molar-refractivity contribution in [3.05, 3.63) is 48.8 Å². The lowest BCUT2D eigenvalue weighted by molar-refractivity contribution is 0.296. The molecule has 27 heavy (non-hydrogen) atoms. The second-order valence-electron chi connectivity index (χ2n) is 6.46. The summed E-state index contributed by atoms with van der Waals surface area (Å²) in [6.45, 7) is 3.41. The molecule has 0 N–H and O–H groups in total. The van der Waals surface area contributed by atoms with Crippen LogP contribution in [-0.4, -0.2) is 39.8 Å². The normalized spacial score (nSPS) is 14.4. The van der Waals surface area contributed by atoms with Crippen molar-refractivity contribution in [1.29, 1.82) is 0 Å². The zero-order valence-corrected chi connectivity index (χ0v) is 15.5. The van der Waals surface area contributed by atoms with Gasteiger partial charge in [-0.1, -0.05) is 0 Å². The third kappa shape index (κ3) is 3.58. The zero-order valence-electron chi connectivity index (χ0n) is 15.5. The minimum absolute atomic E-state index is 0.153. The van der Waals surface area contributed by atoms with Gasteiger partial charge in [0.15, 0.2) is 11.5 Å². The molecule has 0 spiro atoms. The molecule has 0 amide bonds. The first-order valence-corrected chi connectivity index (χ1v) is 9.02. The van der Waals surface area contributed by atoms with Crippen molar-refractivity contribution in [3.63, 3.8) is 0 Å². The Morgan fingerprint density at radius 3 is 2.67 bits per heavy atom. The maximum Gasteiger partial charge on any atom is 0.164 e. The van der Waals surface area contributed by atoms with Crippen LogP contribution in [0.4, 0.5) is 0 Å². The van der Waals surface area contributed by atoms with Crippen LogP contribution in [0.3, 0.4) is 0 Å². The fourth-order valence-electron chi connectivity index (χ4n) is 3.25. The van der Waals surface area contributed by atoms with Crippen LogP contribution in [-0.2, 0) is 6.42 Å². The molecule has 0 unspecified atom stereocenters. The van der Waals surface area contributed by atoms with Gasteiger partial charge in [-0.3, -0.25) is 9.97 Å². The monoisotopic (exact) mass is 366 g/mol. The summed E-state index contributed by atoms with van der Waals surface area (Å²) in [6, 6.07) is 3.98. The topological polar surface area (TPSA) is 71.3 Å². The maximum atomic E-state index is 5.85. The summed E-state index contributed by atoms with van der Waals surface area (Å²) in [4.78, 5) is 13.1.